The number of ether oxygens (including phenoxy) is 1. The topological polar surface area (TPSA) is 212 Å². The van der Waals surface area contributed by atoms with E-state index in [1.165, 1.54) is 4.57 Å². The summed E-state index contributed by atoms with van der Waals surface area (Å²) in [5.41, 5.74) is 4.82. The van der Waals surface area contributed by atoms with E-state index in [9.17, 15) is 19.0 Å². The molecular formula is C10H13N5O9P2+2. The predicted molar refractivity (Wildman–Crippen MR) is 83.0 cm³/mol. The summed E-state index contributed by atoms with van der Waals surface area (Å²) < 4.78 is 37.7. The van der Waals surface area contributed by atoms with Gasteiger partial charge in [0.1, 0.15) is 18.8 Å². The molecule has 140 valence electrons. The van der Waals surface area contributed by atoms with E-state index < -0.39 is 53.2 Å². The number of anilines is 1. The van der Waals surface area contributed by atoms with Crippen LogP contribution in [0.3, 0.4) is 0 Å². The van der Waals surface area contributed by atoms with Crippen LogP contribution in [0.2, 0.25) is 0 Å². The summed E-state index contributed by atoms with van der Waals surface area (Å²) in [5.74, 6) is -0.194. The van der Waals surface area contributed by atoms with Crippen molar-refractivity contribution in [1.29, 1.82) is 0 Å². The number of hydrogen-bond donors (Lipinski definition) is 5. The van der Waals surface area contributed by atoms with Crippen LogP contribution in [0.1, 0.15) is 6.23 Å². The molecule has 2 aromatic rings. The lowest BCUT2D eigenvalue weighted by Gasteiger charge is -2.16. The largest absolute Gasteiger partial charge is 0.695 e. The average Bonchev–Trinajstić information content (AvgIpc) is 3.08. The van der Waals surface area contributed by atoms with E-state index in [4.69, 9.17) is 24.8 Å². The Bertz CT molecular complexity index is 916. The van der Waals surface area contributed by atoms with Gasteiger partial charge in [-0.05, 0) is 0 Å². The van der Waals surface area contributed by atoms with E-state index in [-0.39, 0.29) is 17.1 Å². The Morgan fingerprint density at radius 1 is 1.38 bits per heavy atom. The van der Waals surface area contributed by atoms with Gasteiger partial charge in [0.25, 0.3) is 5.56 Å². The molecule has 26 heavy (non-hydrogen) atoms. The lowest BCUT2D eigenvalue weighted by atomic mass is 10.1. The van der Waals surface area contributed by atoms with Crippen LogP contribution in [0.15, 0.2) is 11.1 Å². The fraction of sp³-hybridized carbons (Fsp3) is 0.500. The van der Waals surface area contributed by atoms with Gasteiger partial charge in [0, 0.05) is 9.13 Å². The second kappa shape index (κ2) is 7.39. The van der Waals surface area contributed by atoms with Crippen LogP contribution < -0.4 is 11.3 Å². The minimum atomic E-state index is -3.11. The van der Waals surface area contributed by atoms with Crippen molar-refractivity contribution in [1.82, 2.24) is 19.5 Å². The van der Waals surface area contributed by atoms with Crippen molar-refractivity contribution in [2.24, 2.45) is 0 Å². The highest BCUT2D eigenvalue weighted by atomic mass is 31.1. The van der Waals surface area contributed by atoms with Gasteiger partial charge in [-0.2, -0.15) is 4.98 Å². The van der Waals surface area contributed by atoms with E-state index in [2.05, 4.69) is 19.5 Å². The highest BCUT2D eigenvalue weighted by Gasteiger charge is 2.51. The van der Waals surface area contributed by atoms with Gasteiger partial charge in [0.15, 0.2) is 23.5 Å². The van der Waals surface area contributed by atoms with Crippen molar-refractivity contribution >= 4 is 33.6 Å². The predicted octanol–water partition coefficient (Wildman–Crippen LogP) is -1.34. The molecule has 6 N–H and O–H groups in total. The molecule has 1 aliphatic heterocycles. The number of aliphatic hydroxyl groups excluding tert-OH is 1. The number of imidazole rings is 1. The molecular weight excluding hydrogens is 396 g/mol. The van der Waals surface area contributed by atoms with Crippen molar-refractivity contribution in [2.45, 2.75) is 24.5 Å². The third-order valence-electron chi connectivity index (χ3n) is 3.60. The summed E-state index contributed by atoms with van der Waals surface area (Å²) in [6, 6.07) is 0. The Morgan fingerprint density at radius 3 is 2.77 bits per heavy atom. The summed E-state index contributed by atoms with van der Waals surface area (Å²) in [4.78, 5) is 39.6. The number of nitrogens with one attached hydrogen (secondary N) is 1. The van der Waals surface area contributed by atoms with E-state index in [1.54, 1.807) is 0 Å². The number of rotatable bonds is 6. The number of aliphatic hydroxyl groups is 1. The summed E-state index contributed by atoms with van der Waals surface area (Å²) >= 11 is 0. The second-order valence-electron chi connectivity index (χ2n) is 5.17. The number of hydrogen-bond acceptors (Lipinski definition) is 10. The van der Waals surface area contributed by atoms with Crippen LogP contribution in [0.25, 0.3) is 11.2 Å². The van der Waals surface area contributed by atoms with Crippen molar-refractivity contribution < 1.29 is 37.8 Å². The zero-order valence-electron chi connectivity index (χ0n) is 12.7. The highest BCUT2D eigenvalue weighted by Crippen LogP contribution is 2.37. The molecule has 3 rings (SSSR count). The molecule has 0 bridgehead atoms. The van der Waals surface area contributed by atoms with E-state index in [0.29, 0.717) is 0 Å². The maximum Gasteiger partial charge on any atom is 0.695 e. The molecule has 0 amide bonds. The number of aromatic amines is 1. The summed E-state index contributed by atoms with van der Waals surface area (Å²) in [6.07, 6.45) is -4.11. The van der Waals surface area contributed by atoms with Crippen molar-refractivity contribution in [2.75, 3.05) is 12.3 Å². The van der Waals surface area contributed by atoms with Gasteiger partial charge in [0.05, 0.1) is 6.33 Å². The first-order valence-corrected chi connectivity index (χ1v) is 9.21. The number of fused-ring (bicyclic) bond motifs is 1. The first-order chi connectivity index (χ1) is 12.3. The first kappa shape index (κ1) is 18.9. The molecule has 14 nitrogen and oxygen atoms in total. The van der Waals surface area contributed by atoms with Crippen LogP contribution in [0.5, 0.6) is 0 Å². The van der Waals surface area contributed by atoms with Gasteiger partial charge in [-0.1, -0.05) is 0 Å². The fourth-order valence-electron chi connectivity index (χ4n) is 2.58. The maximum absolute atomic E-state index is 11.8. The van der Waals surface area contributed by atoms with Gasteiger partial charge in [-0.3, -0.25) is 14.3 Å². The molecule has 2 unspecified atom stereocenters. The molecule has 0 saturated carbocycles. The van der Waals surface area contributed by atoms with Gasteiger partial charge in [0.2, 0.25) is 5.95 Å². The Kier molecular flexibility index (Phi) is 5.37. The second-order valence-corrected chi connectivity index (χ2v) is 6.59. The molecule has 16 heteroatoms. The van der Waals surface area contributed by atoms with E-state index >= 15 is 0 Å². The standard InChI is InChI=1S/C10H11N5O9P2/c11-10-13-7-4(8(17)14-10)12-2-15(7)9-5(16)6(24-26(20)21)3(23-9)1-22-25(18)19/h2-3,5-6,9,16H,1H2,(H3-2,11,13,14,17,18,19,20,21)/p+2/t3-,5-,6-,9-/m1/s1. The minimum Gasteiger partial charge on any atom is -0.385 e. The van der Waals surface area contributed by atoms with Gasteiger partial charge >= 0.3 is 16.5 Å². The molecule has 1 fully saturated rings. The van der Waals surface area contributed by atoms with Crippen LogP contribution in [-0.2, 0) is 22.9 Å². The lowest BCUT2D eigenvalue weighted by molar-refractivity contribution is -0.0471. The van der Waals surface area contributed by atoms with Crippen molar-refractivity contribution in [3.63, 3.8) is 0 Å². The van der Waals surface area contributed by atoms with Crippen molar-refractivity contribution in [3.8, 4) is 0 Å². The molecule has 2 aromatic heterocycles. The zero-order chi connectivity index (χ0) is 19.0. The van der Waals surface area contributed by atoms with Gasteiger partial charge < -0.3 is 15.6 Å². The third kappa shape index (κ3) is 3.63. The number of H-pyrrole nitrogens is 1. The van der Waals surface area contributed by atoms with Gasteiger partial charge in [-0.15, -0.1) is 18.8 Å². The average molecular weight is 409 g/mol. The molecule has 1 saturated heterocycles. The molecule has 6 atom stereocenters. The summed E-state index contributed by atoms with van der Waals surface area (Å²) in [7, 11) is -6.07. The lowest BCUT2D eigenvalue weighted by Crippen LogP contribution is -2.34. The quantitative estimate of drug-likeness (QED) is 0.351. The van der Waals surface area contributed by atoms with Crippen LogP contribution >= 0.6 is 16.5 Å². The van der Waals surface area contributed by atoms with Crippen LogP contribution in [0, 0.1) is 0 Å². The molecule has 0 aliphatic carbocycles. The van der Waals surface area contributed by atoms with Crippen LogP contribution in [0.4, 0.5) is 5.95 Å². The van der Waals surface area contributed by atoms with Crippen LogP contribution in [-0.4, -0.2) is 59.3 Å². The monoisotopic (exact) mass is 409 g/mol. The molecule has 0 aromatic carbocycles. The Hall–Kier alpha value is -1.89. The first-order valence-electron chi connectivity index (χ1n) is 6.95. The number of aromatic nitrogens is 4. The normalized spacial score (nSPS) is 27.0. The minimum absolute atomic E-state index is 0.00256. The number of nitrogens with two attached hydrogens (primary N) is 1. The van der Waals surface area contributed by atoms with Crippen molar-refractivity contribution in [3.05, 3.63) is 16.7 Å². The fourth-order valence-corrected chi connectivity index (χ4v) is 3.33. The number of nitrogen functional groups attached to an aromatic ring is 1. The smallest absolute Gasteiger partial charge is 0.385 e. The Morgan fingerprint density at radius 2 is 2.12 bits per heavy atom. The molecule has 3 heterocycles. The highest BCUT2D eigenvalue weighted by molar-refractivity contribution is 7.32. The molecule has 0 spiro atoms. The summed E-state index contributed by atoms with van der Waals surface area (Å²) in [6.45, 7) is -0.504. The molecule has 0 radical (unpaired) electrons. The zero-order valence-corrected chi connectivity index (χ0v) is 14.5. The van der Waals surface area contributed by atoms with E-state index in [0.717, 1.165) is 6.33 Å². The Balaban J connectivity index is 1.96. The third-order valence-corrected chi connectivity index (χ3v) is 4.39. The summed E-state index contributed by atoms with van der Waals surface area (Å²) in [5, 5.41) is 10.4. The van der Waals surface area contributed by atoms with Gasteiger partial charge in [-0.25, -0.2) is 4.98 Å². The number of nitrogens with zero attached hydrogens (tertiary/aromatic N) is 3. The molecule has 1 aliphatic rings. The van der Waals surface area contributed by atoms with E-state index in [1.807, 2.05) is 0 Å². The Labute approximate surface area is 145 Å². The SMILES string of the molecule is Nc1nc2c(ncn2[C@@H]2O[C@H](CO[P+](=O)O)[C@@H](O[P+](=O)O)[C@H]2O)c(=O)[nH]1. The maximum atomic E-state index is 11.8.